The zero-order valence-corrected chi connectivity index (χ0v) is 16.7. The van der Waals surface area contributed by atoms with Crippen molar-refractivity contribution in [2.24, 2.45) is 0 Å². The highest BCUT2D eigenvalue weighted by molar-refractivity contribution is 6.36. The van der Waals surface area contributed by atoms with Crippen molar-refractivity contribution in [1.29, 1.82) is 0 Å². The maximum absolute atomic E-state index is 12.1. The van der Waals surface area contributed by atoms with Gasteiger partial charge >= 0.3 is 0 Å². The minimum absolute atomic E-state index is 0.0417. The molecular formula is C20H21Cl2NO3. The van der Waals surface area contributed by atoms with E-state index >= 15 is 0 Å². The van der Waals surface area contributed by atoms with E-state index in [2.05, 4.69) is 26.1 Å². The van der Waals surface area contributed by atoms with Crippen LogP contribution in [0.5, 0.6) is 5.75 Å². The molecule has 2 aromatic carbocycles. The number of anilines is 1. The highest BCUT2D eigenvalue weighted by Crippen LogP contribution is 2.32. The summed E-state index contributed by atoms with van der Waals surface area (Å²) in [5, 5.41) is 3.27. The molecule has 0 spiro atoms. The topological polar surface area (TPSA) is 55.4 Å². The van der Waals surface area contributed by atoms with Gasteiger partial charge in [-0.3, -0.25) is 9.59 Å². The predicted molar refractivity (Wildman–Crippen MR) is 106 cm³/mol. The van der Waals surface area contributed by atoms with Crippen molar-refractivity contribution < 1.29 is 14.3 Å². The zero-order valence-electron chi connectivity index (χ0n) is 15.2. The second-order valence-corrected chi connectivity index (χ2v) is 7.83. The van der Waals surface area contributed by atoms with Gasteiger partial charge in [0, 0.05) is 10.7 Å². The molecule has 0 aliphatic carbocycles. The number of carbonyl (C=O) groups excluding carboxylic acids is 2. The van der Waals surface area contributed by atoms with Gasteiger partial charge in [-0.2, -0.15) is 0 Å². The number of hydrogen-bond donors (Lipinski definition) is 1. The SMILES string of the molecule is CC(=O)c1cc(Cl)cc(Cl)c1OCC(=O)Nc1ccc(C(C)(C)C)cc1. The average molecular weight is 394 g/mol. The minimum Gasteiger partial charge on any atom is -0.481 e. The van der Waals surface area contributed by atoms with Gasteiger partial charge in [-0.15, -0.1) is 0 Å². The molecule has 0 aliphatic heterocycles. The van der Waals surface area contributed by atoms with Gasteiger partial charge in [0.05, 0.1) is 10.6 Å². The lowest BCUT2D eigenvalue weighted by Gasteiger charge is -2.19. The largest absolute Gasteiger partial charge is 0.481 e. The summed E-state index contributed by atoms with van der Waals surface area (Å²) >= 11 is 12.0. The summed E-state index contributed by atoms with van der Waals surface area (Å²) in [5.41, 5.74) is 2.12. The summed E-state index contributed by atoms with van der Waals surface area (Å²) in [4.78, 5) is 23.9. The minimum atomic E-state index is -0.353. The maximum atomic E-state index is 12.1. The molecular weight excluding hydrogens is 373 g/mol. The molecule has 0 atom stereocenters. The molecule has 0 fully saturated rings. The molecule has 0 unspecified atom stereocenters. The van der Waals surface area contributed by atoms with Crippen molar-refractivity contribution in [1.82, 2.24) is 0 Å². The summed E-state index contributed by atoms with van der Waals surface area (Å²) in [6, 6.07) is 10.6. The Morgan fingerprint density at radius 2 is 1.69 bits per heavy atom. The van der Waals surface area contributed by atoms with Gasteiger partial charge in [-0.05, 0) is 42.2 Å². The van der Waals surface area contributed by atoms with Crippen LogP contribution in [0.3, 0.4) is 0 Å². The molecule has 0 bridgehead atoms. The van der Waals surface area contributed by atoms with Crippen LogP contribution < -0.4 is 10.1 Å². The molecule has 0 saturated carbocycles. The number of amides is 1. The molecule has 6 heteroatoms. The van der Waals surface area contributed by atoms with E-state index in [0.29, 0.717) is 10.7 Å². The van der Waals surface area contributed by atoms with Crippen LogP contribution in [0, 0.1) is 0 Å². The highest BCUT2D eigenvalue weighted by Gasteiger charge is 2.16. The van der Waals surface area contributed by atoms with Gasteiger partial charge in [0.15, 0.2) is 12.4 Å². The van der Waals surface area contributed by atoms with E-state index in [1.54, 1.807) is 0 Å². The van der Waals surface area contributed by atoms with Crippen molar-refractivity contribution >= 4 is 40.6 Å². The van der Waals surface area contributed by atoms with Crippen molar-refractivity contribution in [3.8, 4) is 5.75 Å². The fraction of sp³-hybridized carbons (Fsp3) is 0.300. The van der Waals surface area contributed by atoms with Crippen LogP contribution in [0.4, 0.5) is 5.69 Å². The second-order valence-electron chi connectivity index (χ2n) is 6.98. The van der Waals surface area contributed by atoms with E-state index in [4.69, 9.17) is 27.9 Å². The molecule has 26 heavy (non-hydrogen) atoms. The average Bonchev–Trinajstić information content (AvgIpc) is 2.52. The Morgan fingerprint density at radius 3 is 2.23 bits per heavy atom. The molecule has 2 rings (SSSR count). The van der Waals surface area contributed by atoms with Crippen LogP contribution in [-0.2, 0) is 10.2 Å². The van der Waals surface area contributed by atoms with E-state index in [9.17, 15) is 9.59 Å². The van der Waals surface area contributed by atoms with Crippen LogP contribution in [-0.4, -0.2) is 18.3 Å². The molecule has 0 aromatic heterocycles. The Labute approximate surface area is 163 Å². The highest BCUT2D eigenvalue weighted by atomic mass is 35.5. The first-order valence-corrected chi connectivity index (χ1v) is 8.86. The number of ketones is 1. The lowest BCUT2D eigenvalue weighted by Crippen LogP contribution is -2.21. The third-order valence-electron chi connectivity index (χ3n) is 3.77. The summed E-state index contributed by atoms with van der Waals surface area (Å²) < 4.78 is 5.47. The molecule has 0 heterocycles. The smallest absolute Gasteiger partial charge is 0.262 e. The molecule has 1 amide bonds. The fourth-order valence-electron chi connectivity index (χ4n) is 2.36. The monoisotopic (exact) mass is 393 g/mol. The van der Waals surface area contributed by atoms with Crippen LogP contribution in [0.25, 0.3) is 0 Å². The molecule has 0 saturated heterocycles. The molecule has 2 aromatic rings. The first-order chi connectivity index (χ1) is 12.1. The van der Waals surface area contributed by atoms with Crippen molar-refractivity contribution in [2.75, 3.05) is 11.9 Å². The summed E-state index contributed by atoms with van der Waals surface area (Å²) in [7, 11) is 0. The van der Waals surface area contributed by atoms with Gasteiger partial charge in [0.25, 0.3) is 5.91 Å². The van der Waals surface area contributed by atoms with E-state index < -0.39 is 0 Å². The Kier molecular flexibility index (Phi) is 6.32. The Morgan fingerprint density at radius 1 is 1.08 bits per heavy atom. The van der Waals surface area contributed by atoms with Crippen LogP contribution >= 0.6 is 23.2 Å². The van der Waals surface area contributed by atoms with Crippen LogP contribution in [0.2, 0.25) is 10.0 Å². The molecule has 1 N–H and O–H groups in total. The number of benzene rings is 2. The third-order valence-corrected chi connectivity index (χ3v) is 4.27. The zero-order chi connectivity index (χ0) is 19.5. The fourth-order valence-corrected chi connectivity index (χ4v) is 2.90. The molecule has 138 valence electrons. The standard InChI is InChI=1S/C20H21Cl2NO3/c1-12(24)16-9-14(21)10-17(22)19(16)26-11-18(25)23-15-7-5-13(6-8-15)20(2,3)4/h5-10H,11H2,1-4H3,(H,23,25). The molecule has 0 aliphatic rings. The number of halogens is 2. The van der Waals surface area contributed by atoms with Gasteiger partial charge in [-0.1, -0.05) is 56.1 Å². The number of carbonyl (C=O) groups is 2. The van der Waals surface area contributed by atoms with Gasteiger partial charge in [0.1, 0.15) is 5.75 Å². The van der Waals surface area contributed by atoms with Crippen molar-refractivity contribution in [2.45, 2.75) is 33.1 Å². The third kappa shape index (κ3) is 5.23. The van der Waals surface area contributed by atoms with Gasteiger partial charge in [-0.25, -0.2) is 0 Å². The summed E-state index contributed by atoms with van der Waals surface area (Å²) in [6.07, 6.45) is 0. The van der Waals surface area contributed by atoms with E-state index in [1.807, 2.05) is 24.3 Å². The first-order valence-electron chi connectivity index (χ1n) is 8.11. The normalized spacial score (nSPS) is 11.2. The number of Topliss-reactive ketones (excluding diaryl/α,β-unsaturated/α-hetero) is 1. The van der Waals surface area contributed by atoms with E-state index in [1.165, 1.54) is 24.6 Å². The van der Waals surface area contributed by atoms with E-state index in [-0.39, 0.29) is 40.0 Å². The molecule has 4 nitrogen and oxygen atoms in total. The number of nitrogens with one attached hydrogen (secondary N) is 1. The summed E-state index contributed by atoms with van der Waals surface area (Å²) in [6.45, 7) is 7.47. The Balaban J connectivity index is 2.05. The lowest BCUT2D eigenvalue weighted by molar-refractivity contribution is -0.118. The first kappa shape index (κ1) is 20.3. The molecule has 0 radical (unpaired) electrons. The maximum Gasteiger partial charge on any atom is 0.262 e. The number of ether oxygens (including phenoxy) is 1. The Bertz CT molecular complexity index is 824. The van der Waals surface area contributed by atoms with Crippen molar-refractivity contribution in [3.05, 3.63) is 57.6 Å². The van der Waals surface area contributed by atoms with E-state index in [0.717, 1.165) is 0 Å². The second kappa shape index (κ2) is 8.11. The number of hydrogen-bond acceptors (Lipinski definition) is 3. The quantitative estimate of drug-likeness (QED) is 0.681. The van der Waals surface area contributed by atoms with Crippen LogP contribution in [0.15, 0.2) is 36.4 Å². The lowest BCUT2D eigenvalue weighted by atomic mass is 9.87. The van der Waals surface area contributed by atoms with Gasteiger partial charge < -0.3 is 10.1 Å². The van der Waals surface area contributed by atoms with Crippen molar-refractivity contribution in [3.63, 3.8) is 0 Å². The van der Waals surface area contributed by atoms with Gasteiger partial charge in [0.2, 0.25) is 0 Å². The summed E-state index contributed by atoms with van der Waals surface area (Å²) in [5.74, 6) is -0.446. The Hall–Kier alpha value is -2.04. The number of rotatable bonds is 5. The predicted octanol–water partition coefficient (Wildman–Crippen LogP) is 5.51. The van der Waals surface area contributed by atoms with Crippen LogP contribution in [0.1, 0.15) is 43.6 Å².